The van der Waals surface area contributed by atoms with Gasteiger partial charge in [-0.3, -0.25) is 4.90 Å². The maximum Gasteiger partial charge on any atom is 0.282 e. The summed E-state index contributed by atoms with van der Waals surface area (Å²) in [5.41, 5.74) is 3.88. The average molecular weight is 367 g/mol. The smallest absolute Gasteiger partial charge is 0.282 e. The minimum atomic E-state index is -3.30. The predicted molar refractivity (Wildman–Crippen MR) is 101 cm³/mol. The minimum absolute atomic E-state index is 0.583. The lowest BCUT2D eigenvalue weighted by atomic mass is 10.1. The van der Waals surface area contributed by atoms with Crippen LogP contribution in [0.5, 0.6) is 0 Å². The molecule has 0 spiro atoms. The van der Waals surface area contributed by atoms with E-state index in [1.807, 2.05) is 7.05 Å². The van der Waals surface area contributed by atoms with Crippen LogP contribution in [-0.4, -0.2) is 86.2 Å². The van der Waals surface area contributed by atoms with Crippen molar-refractivity contribution in [2.45, 2.75) is 20.4 Å². The van der Waals surface area contributed by atoms with Gasteiger partial charge in [0.2, 0.25) is 0 Å². The average Bonchev–Trinajstić information content (AvgIpc) is 2.55. The highest BCUT2D eigenvalue weighted by Gasteiger charge is 2.33. The Hall–Kier alpha value is -0.990. The van der Waals surface area contributed by atoms with E-state index in [1.165, 1.54) is 16.7 Å². The quantitative estimate of drug-likeness (QED) is 0.795. The zero-order valence-corrected chi connectivity index (χ0v) is 16.4. The molecule has 0 N–H and O–H groups in total. The van der Waals surface area contributed by atoms with E-state index < -0.39 is 10.2 Å². The Bertz CT molecular complexity index is 671. The first kappa shape index (κ1) is 18.8. The van der Waals surface area contributed by atoms with Gasteiger partial charge in [0, 0.05) is 58.9 Å². The van der Waals surface area contributed by atoms with Gasteiger partial charge >= 0.3 is 0 Å². The second-order valence-corrected chi connectivity index (χ2v) is 9.31. The van der Waals surface area contributed by atoms with Crippen LogP contribution in [0.4, 0.5) is 0 Å². The SMILES string of the molecule is Cc1cc(C)cc(CN2CCN(S(=O)(=O)N3CCN(C)CC3)CC2)c1. The van der Waals surface area contributed by atoms with E-state index >= 15 is 0 Å². The molecule has 0 amide bonds. The molecule has 2 aliphatic heterocycles. The van der Waals surface area contributed by atoms with Crippen molar-refractivity contribution in [3.05, 3.63) is 34.9 Å². The van der Waals surface area contributed by atoms with Crippen molar-refractivity contribution in [3.8, 4) is 0 Å². The number of hydrogen-bond donors (Lipinski definition) is 0. The number of benzene rings is 1. The van der Waals surface area contributed by atoms with Crippen LogP contribution < -0.4 is 0 Å². The van der Waals surface area contributed by atoms with Crippen molar-refractivity contribution in [3.63, 3.8) is 0 Å². The number of likely N-dealkylation sites (N-methyl/N-ethyl adjacent to an activating group) is 1. The van der Waals surface area contributed by atoms with E-state index in [9.17, 15) is 8.42 Å². The summed E-state index contributed by atoms with van der Waals surface area (Å²) in [7, 11) is -1.27. The summed E-state index contributed by atoms with van der Waals surface area (Å²) in [6, 6.07) is 6.63. The normalized spacial score (nSPS) is 22.4. The van der Waals surface area contributed by atoms with Gasteiger partial charge in [-0.1, -0.05) is 29.3 Å². The Morgan fingerprint density at radius 2 is 1.28 bits per heavy atom. The van der Waals surface area contributed by atoms with E-state index in [-0.39, 0.29) is 0 Å². The van der Waals surface area contributed by atoms with Crippen molar-refractivity contribution < 1.29 is 8.42 Å². The largest absolute Gasteiger partial charge is 0.304 e. The van der Waals surface area contributed by atoms with Crippen LogP contribution in [0.25, 0.3) is 0 Å². The summed E-state index contributed by atoms with van der Waals surface area (Å²) in [6.07, 6.45) is 0. The first-order chi connectivity index (χ1) is 11.8. The molecular weight excluding hydrogens is 336 g/mol. The highest BCUT2D eigenvalue weighted by Crippen LogP contribution is 2.17. The van der Waals surface area contributed by atoms with Crippen molar-refractivity contribution >= 4 is 10.2 Å². The molecule has 0 saturated carbocycles. The van der Waals surface area contributed by atoms with Gasteiger partial charge < -0.3 is 4.90 Å². The van der Waals surface area contributed by atoms with Crippen LogP contribution in [0.2, 0.25) is 0 Å². The Morgan fingerprint density at radius 1 is 0.800 bits per heavy atom. The van der Waals surface area contributed by atoms with Gasteiger partial charge in [-0.2, -0.15) is 17.0 Å². The molecule has 3 rings (SSSR count). The summed E-state index contributed by atoms with van der Waals surface area (Å²) < 4.78 is 28.9. The molecule has 25 heavy (non-hydrogen) atoms. The number of hydrogen-bond acceptors (Lipinski definition) is 4. The van der Waals surface area contributed by atoms with Gasteiger partial charge in [-0.05, 0) is 26.5 Å². The zero-order valence-electron chi connectivity index (χ0n) is 15.6. The molecule has 0 aliphatic carbocycles. The van der Waals surface area contributed by atoms with E-state index in [1.54, 1.807) is 8.61 Å². The molecule has 2 heterocycles. The van der Waals surface area contributed by atoms with Crippen LogP contribution in [0.3, 0.4) is 0 Å². The van der Waals surface area contributed by atoms with Crippen LogP contribution in [0.15, 0.2) is 18.2 Å². The summed E-state index contributed by atoms with van der Waals surface area (Å²) in [6.45, 7) is 10.7. The lowest BCUT2D eigenvalue weighted by molar-refractivity contribution is 0.165. The Labute approximate surface area is 152 Å². The molecule has 0 unspecified atom stereocenters. The first-order valence-electron chi connectivity index (χ1n) is 9.08. The van der Waals surface area contributed by atoms with Gasteiger partial charge in [-0.25, -0.2) is 0 Å². The van der Waals surface area contributed by atoms with Gasteiger partial charge in [0.25, 0.3) is 10.2 Å². The second kappa shape index (κ2) is 7.72. The molecule has 7 heteroatoms. The molecule has 2 aliphatic rings. The Kier molecular flexibility index (Phi) is 5.80. The van der Waals surface area contributed by atoms with Gasteiger partial charge in [0.05, 0.1) is 0 Å². The van der Waals surface area contributed by atoms with Crippen LogP contribution in [0, 0.1) is 13.8 Å². The molecule has 0 aromatic heterocycles. The van der Waals surface area contributed by atoms with E-state index in [2.05, 4.69) is 41.8 Å². The molecule has 1 aromatic carbocycles. The Morgan fingerprint density at radius 3 is 1.80 bits per heavy atom. The van der Waals surface area contributed by atoms with Crippen molar-refractivity contribution in [1.29, 1.82) is 0 Å². The van der Waals surface area contributed by atoms with Crippen molar-refractivity contribution in [2.24, 2.45) is 0 Å². The molecule has 2 saturated heterocycles. The molecule has 140 valence electrons. The zero-order chi connectivity index (χ0) is 18.0. The van der Waals surface area contributed by atoms with Crippen molar-refractivity contribution in [1.82, 2.24) is 18.4 Å². The van der Waals surface area contributed by atoms with Crippen molar-refractivity contribution in [2.75, 3.05) is 59.4 Å². The van der Waals surface area contributed by atoms with E-state index in [4.69, 9.17) is 0 Å². The molecule has 0 bridgehead atoms. The monoisotopic (exact) mass is 366 g/mol. The van der Waals surface area contributed by atoms with Crippen LogP contribution in [-0.2, 0) is 16.8 Å². The van der Waals surface area contributed by atoms with Gasteiger partial charge in [0.1, 0.15) is 0 Å². The van der Waals surface area contributed by atoms with Gasteiger partial charge in [-0.15, -0.1) is 0 Å². The molecule has 0 atom stereocenters. The van der Waals surface area contributed by atoms with Crippen LogP contribution >= 0.6 is 0 Å². The lowest BCUT2D eigenvalue weighted by Gasteiger charge is -2.39. The lowest BCUT2D eigenvalue weighted by Crippen LogP contribution is -2.56. The van der Waals surface area contributed by atoms with E-state index in [0.29, 0.717) is 26.2 Å². The standard InChI is InChI=1S/C18H30N4O2S/c1-16-12-17(2)14-18(13-16)15-20-6-10-22(11-7-20)25(23,24)21-8-4-19(3)5-9-21/h12-14H,4-11,15H2,1-3H3. The fourth-order valence-electron chi connectivity index (χ4n) is 3.72. The van der Waals surface area contributed by atoms with E-state index in [0.717, 1.165) is 32.7 Å². The second-order valence-electron chi connectivity index (χ2n) is 7.38. The molecule has 2 fully saturated rings. The topological polar surface area (TPSA) is 47.1 Å². The van der Waals surface area contributed by atoms with Gasteiger partial charge in [0.15, 0.2) is 0 Å². The number of piperazine rings is 2. The summed E-state index contributed by atoms with van der Waals surface area (Å²) in [5.74, 6) is 0. The molecule has 6 nitrogen and oxygen atoms in total. The van der Waals surface area contributed by atoms with Crippen LogP contribution in [0.1, 0.15) is 16.7 Å². The fourth-order valence-corrected chi connectivity index (χ4v) is 5.30. The molecule has 0 radical (unpaired) electrons. The third kappa shape index (κ3) is 4.60. The number of rotatable bonds is 4. The summed E-state index contributed by atoms with van der Waals surface area (Å²) in [5, 5.41) is 0. The highest BCUT2D eigenvalue weighted by atomic mass is 32.2. The third-order valence-electron chi connectivity index (χ3n) is 5.13. The highest BCUT2D eigenvalue weighted by molar-refractivity contribution is 7.86. The maximum absolute atomic E-state index is 12.8. The maximum atomic E-state index is 12.8. The number of aryl methyl sites for hydroxylation is 2. The third-order valence-corrected chi connectivity index (χ3v) is 7.17. The molecular formula is C18H30N4O2S. The Balaban J connectivity index is 1.56. The number of nitrogens with zero attached hydrogens (tertiary/aromatic N) is 4. The predicted octanol–water partition coefficient (Wildman–Crippen LogP) is 0.913. The fraction of sp³-hybridized carbons (Fsp3) is 0.667. The summed E-state index contributed by atoms with van der Waals surface area (Å²) >= 11 is 0. The minimum Gasteiger partial charge on any atom is -0.304 e. The summed E-state index contributed by atoms with van der Waals surface area (Å²) in [4.78, 5) is 4.53. The first-order valence-corrected chi connectivity index (χ1v) is 10.5. The molecule has 1 aromatic rings.